The van der Waals surface area contributed by atoms with Gasteiger partial charge in [0.15, 0.2) is 0 Å². The molecule has 1 fully saturated rings. The van der Waals surface area contributed by atoms with Gasteiger partial charge in [-0.05, 0) is 36.7 Å². The van der Waals surface area contributed by atoms with Crippen LogP contribution in [-0.2, 0) is 11.4 Å². The van der Waals surface area contributed by atoms with E-state index < -0.39 is 0 Å². The molecule has 0 aliphatic carbocycles. The fourth-order valence-electron chi connectivity index (χ4n) is 2.70. The van der Waals surface area contributed by atoms with Crippen LogP contribution < -0.4 is 5.32 Å². The van der Waals surface area contributed by atoms with E-state index in [-0.39, 0.29) is 24.1 Å². The molecular formula is C18H19Cl2FN2O. The quantitative estimate of drug-likeness (QED) is 0.803. The van der Waals surface area contributed by atoms with E-state index in [4.69, 9.17) is 16.4 Å². The maximum Gasteiger partial charge on any atom is 0.143 e. The second kappa shape index (κ2) is 9.02. The fourth-order valence-corrected chi connectivity index (χ4v) is 2.89. The van der Waals surface area contributed by atoms with Gasteiger partial charge in [0.2, 0.25) is 0 Å². The Kier molecular flexibility index (Phi) is 7.03. The Morgan fingerprint density at radius 2 is 1.92 bits per heavy atom. The summed E-state index contributed by atoms with van der Waals surface area (Å²) in [6, 6.07) is 14.1. The van der Waals surface area contributed by atoms with E-state index in [1.165, 1.54) is 12.1 Å². The van der Waals surface area contributed by atoms with Crippen LogP contribution in [0.1, 0.15) is 23.5 Å². The number of hydrogen-bond acceptors (Lipinski definition) is 3. The van der Waals surface area contributed by atoms with Crippen LogP contribution in [0.4, 0.5) is 4.39 Å². The molecule has 0 aromatic heterocycles. The van der Waals surface area contributed by atoms with E-state index in [2.05, 4.69) is 10.5 Å². The average molecular weight is 369 g/mol. The Bertz CT molecular complexity index is 692. The van der Waals surface area contributed by atoms with E-state index in [1.807, 2.05) is 36.4 Å². The Morgan fingerprint density at radius 3 is 2.67 bits per heavy atom. The Balaban J connectivity index is 0.00000208. The summed E-state index contributed by atoms with van der Waals surface area (Å²) in [5, 5.41) is 8.27. The molecule has 0 saturated carbocycles. The van der Waals surface area contributed by atoms with Gasteiger partial charge in [0.25, 0.3) is 0 Å². The number of benzene rings is 2. The number of nitrogens with zero attached hydrogens (tertiary/aromatic N) is 1. The third-order valence-corrected chi connectivity index (χ3v) is 4.32. The van der Waals surface area contributed by atoms with Crippen LogP contribution in [0.5, 0.6) is 0 Å². The van der Waals surface area contributed by atoms with Gasteiger partial charge in [-0.3, -0.25) is 0 Å². The van der Waals surface area contributed by atoms with Crippen molar-refractivity contribution in [1.29, 1.82) is 0 Å². The SMILES string of the molecule is Cl.Fc1ccc(C2CCNC/C2=N\OCc2ccccc2Cl)cc1. The summed E-state index contributed by atoms with van der Waals surface area (Å²) in [4.78, 5) is 5.50. The number of piperidine rings is 1. The molecule has 1 unspecified atom stereocenters. The molecule has 3 nitrogen and oxygen atoms in total. The Labute approximate surface area is 152 Å². The lowest BCUT2D eigenvalue weighted by Gasteiger charge is -2.24. The summed E-state index contributed by atoms with van der Waals surface area (Å²) in [7, 11) is 0. The fraction of sp³-hybridized carbons (Fsp3) is 0.278. The van der Waals surface area contributed by atoms with Crippen LogP contribution >= 0.6 is 24.0 Å². The standard InChI is InChI=1S/C18H18ClFN2O.ClH/c19-17-4-2-1-3-14(17)12-23-22-18-11-21-10-9-16(18)13-5-7-15(20)8-6-13;/h1-8,16,21H,9-12H2;1H/b22-18+;. The highest BCUT2D eigenvalue weighted by Crippen LogP contribution is 2.24. The Morgan fingerprint density at radius 1 is 1.17 bits per heavy atom. The van der Waals surface area contributed by atoms with Crippen molar-refractivity contribution in [2.75, 3.05) is 13.1 Å². The second-order valence-corrected chi connectivity index (χ2v) is 5.92. The van der Waals surface area contributed by atoms with Crippen LogP contribution in [0.2, 0.25) is 5.02 Å². The third kappa shape index (κ3) is 4.69. The van der Waals surface area contributed by atoms with Gasteiger partial charge in [0.1, 0.15) is 12.4 Å². The van der Waals surface area contributed by atoms with Crippen molar-refractivity contribution in [3.05, 3.63) is 70.5 Å². The molecule has 1 aliphatic rings. The highest BCUT2D eigenvalue weighted by atomic mass is 35.5. The largest absolute Gasteiger partial charge is 0.391 e. The number of oxime groups is 1. The average Bonchev–Trinajstić information content (AvgIpc) is 2.58. The minimum atomic E-state index is -0.226. The van der Waals surface area contributed by atoms with E-state index in [0.717, 1.165) is 29.8 Å². The second-order valence-electron chi connectivity index (χ2n) is 5.52. The highest BCUT2D eigenvalue weighted by molar-refractivity contribution is 6.31. The molecule has 0 bridgehead atoms. The number of nitrogens with one attached hydrogen (secondary N) is 1. The van der Waals surface area contributed by atoms with E-state index in [9.17, 15) is 4.39 Å². The van der Waals surface area contributed by atoms with Crippen molar-refractivity contribution in [2.24, 2.45) is 5.16 Å². The highest BCUT2D eigenvalue weighted by Gasteiger charge is 2.22. The smallest absolute Gasteiger partial charge is 0.143 e. The molecular weight excluding hydrogens is 350 g/mol. The first-order valence-electron chi connectivity index (χ1n) is 7.62. The summed E-state index contributed by atoms with van der Waals surface area (Å²) in [6.45, 7) is 1.91. The van der Waals surface area contributed by atoms with Gasteiger partial charge < -0.3 is 10.2 Å². The first kappa shape index (κ1) is 18.7. The van der Waals surface area contributed by atoms with Crippen molar-refractivity contribution in [3.63, 3.8) is 0 Å². The van der Waals surface area contributed by atoms with Gasteiger partial charge in [0.05, 0.1) is 5.71 Å². The van der Waals surface area contributed by atoms with Crippen molar-refractivity contribution in [2.45, 2.75) is 18.9 Å². The molecule has 0 amide bonds. The summed E-state index contributed by atoms with van der Waals surface area (Å²) < 4.78 is 13.1. The van der Waals surface area contributed by atoms with Gasteiger partial charge in [-0.2, -0.15) is 0 Å². The lowest BCUT2D eigenvalue weighted by atomic mass is 9.88. The number of hydrogen-bond donors (Lipinski definition) is 1. The van der Waals surface area contributed by atoms with Crippen molar-refractivity contribution in [1.82, 2.24) is 5.32 Å². The van der Waals surface area contributed by atoms with Crippen molar-refractivity contribution in [3.8, 4) is 0 Å². The summed E-state index contributed by atoms with van der Waals surface area (Å²) in [5.74, 6) is -0.0702. The first-order chi connectivity index (χ1) is 11.2. The normalized spacial score (nSPS) is 18.9. The monoisotopic (exact) mass is 368 g/mol. The molecule has 6 heteroatoms. The molecule has 1 saturated heterocycles. The van der Waals surface area contributed by atoms with E-state index >= 15 is 0 Å². The molecule has 128 valence electrons. The van der Waals surface area contributed by atoms with Crippen LogP contribution in [0.3, 0.4) is 0 Å². The predicted molar refractivity (Wildman–Crippen MR) is 97.6 cm³/mol. The zero-order chi connectivity index (χ0) is 16.1. The molecule has 24 heavy (non-hydrogen) atoms. The molecule has 1 atom stereocenters. The topological polar surface area (TPSA) is 33.6 Å². The van der Waals surface area contributed by atoms with Crippen molar-refractivity contribution < 1.29 is 9.23 Å². The number of halogens is 3. The predicted octanol–water partition coefficient (Wildman–Crippen LogP) is 4.55. The first-order valence-corrected chi connectivity index (χ1v) is 8.00. The third-order valence-electron chi connectivity index (χ3n) is 3.95. The molecule has 3 rings (SSSR count). The molecule has 1 N–H and O–H groups in total. The molecule has 0 spiro atoms. The van der Waals surface area contributed by atoms with E-state index in [1.54, 1.807) is 0 Å². The van der Waals surface area contributed by atoms with E-state index in [0.29, 0.717) is 18.2 Å². The zero-order valence-electron chi connectivity index (χ0n) is 13.0. The zero-order valence-corrected chi connectivity index (χ0v) is 14.6. The summed E-state index contributed by atoms with van der Waals surface area (Å²) in [6.07, 6.45) is 0.917. The van der Waals surface area contributed by atoms with Crippen LogP contribution in [0.15, 0.2) is 53.7 Å². The molecule has 2 aromatic rings. The van der Waals surface area contributed by atoms with Crippen molar-refractivity contribution >= 4 is 29.7 Å². The molecule has 1 heterocycles. The summed E-state index contributed by atoms with van der Waals surface area (Å²) in [5.41, 5.74) is 2.89. The van der Waals surface area contributed by atoms with Crippen LogP contribution in [0.25, 0.3) is 0 Å². The molecule has 0 radical (unpaired) electrons. The maximum absolute atomic E-state index is 13.1. The minimum Gasteiger partial charge on any atom is -0.391 e. The van der Waals surface area contributed by atoms with Gasteiger partial charge in [-0.1, -0.05) is 47.1 Å². The van der Waals surface area contributed by atoms with Gasteiger partial charge >= 0.3 is 0 Å². The Hall–Kier alpha value is -1.62. The molecule has 2 aromatic carbocycles. The maximum atomic E-state index is 13.1. The van der Waals surface area contributed by atoms with Gasteiger partial charge in [-0.15, -0.1) is 12.4 Å². The minimum absolute atomic E-state index is 0. The number of rotatable bonds is 4. The lowest BCUT2D eigenvalue weighted by Crippen LogP contribution is -2.36. The molecule has 1 aliphatic heterocycles. The lowest BCUT2D eigenvalue weighted by molar-refractivity contribution is 0.128. The summed E-state index contributed by atoms with van der Waals surface area (Å²) >= 11 is 6.11. The van der Waals surface area contributed by atoms with Gasteiger partial charge in [-0.25, -0.2) is 4.39 Å². The van der Waals surface area contributed by atoms with Gasteiger partial charge in [0, 0.05) is 23.0 Å². The van der Waals surface area contributed by atoms with Crippen LogP contribution in [-0.4, -0.2) is 18.8 Å². The van der Waals surface area contributed by atoms with Crippen LogP contribution in [0, 0.1) is 5.82 Å².